The highest BCUT2D eigenvalue weighted by Crippen LogP contribution is 2.43. The summed E-state index contributed by atoms with van der Waals surface area (Å²) in [5.74, 6) is 1.02. The molecule has 120 valence electrons. The third kappa shape index (κ3) is 2.56. The van der Waals surface area contributed by atoms with Gasteiger partial charge in [0.15, 0.2) is 0 Å². The number of aromatic nitrogens is 2. The number of aliphatic carboxylic acids is 1. The molecule has 3 heterocycles. The Bertz CT molecular complexity index is 578. The van der Waals surface area contributed by atoms with E-state index in [1.165, 1.54) is 0 Å². The van der Waals surface area contributed by atoms with Crippen LogP contribution in [0.4, 0.5) is 5.82 Å². The van der Waals surface area contributed by atoms with Crippen molar-refractivity contribution < 1.29 is 14.6 Å². The van der Waals surface area contributed by atoms with Crippen LogP contribution in [0.2, 0.25) is 0 Å². The van der Waals surface area contributed by atoms with Gasteiger partial charge in [0.1, 0.15) is 11.6 Å². The Hall–Kier alpha value is -1.69. The molecular formula is C16H23N3O3. The number of carboxylic acid groups (broad SMARTS) is 1. The second kappa shape index (κ2) is 5.83. The van der Waals surface area contributed by atoms with Crippen molar-refractivity contribution >= 4 is 11.8 Å². The lowest BCUT2D eigenvalue weighted by molar-refractivity contribution is -0.157. The van der Waals surface area contributed by atoms with Crippen LogP contribution >= 0.6 is 0 Å². The molecule has 0 unspecified atom stereocenters. The highest BCUT2D eigenvalue weighted by Gasteiger charge is 2.54. The first-order valence-corrected chi connectivity index (χ1v) is 7.96. The highest BCUT2D eigenvalue weighted by atomic mass is 16.5. The van der Waals surface area contributed by atoms with Crippen molar-refractivity contribution in [3.8, 4) is 0 Å². The zero-order valence-corrected chi connectivity index (χ0v) is 13.2. The Kier molecular flexibility index (Phi) is 4.04. The van der Waals surface area contributed by atoms with Gasteiger partial charge >= 0.3 is 5.97 Å². The van der Waals surface area contributed by atoms with Gasteiger partial charge in [-0.2, -0.15) is 0 Å². The predicted octanol–water partition coefficient (Wildman–Crippen LogP) is 1.67. The summed E-state index contributed by atoms with van der Waals surface area (Å²) in [6, 6.07) is 1.95. The summed E-state index contributed by atoms with van der Waals surface area (Å²) in [5, 5.41) is 9.74. The average Bonchev–Trinajstić information content (AvgIpc) is 2.88. The van der Waals surface area contributed by atoms with Gasteiger partial charge in [0.25, 0.3) is 0 Å². The van der Waals surface area contributed by atoms with Crippen molar-refractivity contribution in [3.05, 3.63) is 17.6 Å². The number of carboxylic acids is 1. The van der Waals surface area contributed by atoms with E-state index >= 15 is 0 Å². The fraction of sp³-hybridized carbons (Fsp3) is 0.688. The second-order valence-electron chi connectivity index (χ2n) is 6.40. The molecule has 2 aliphatic heterocycles. The van der Waals surface area contributed by atoms with E-state index in [9.17, 15) is 9.90 Å². The van der Waals surface area contributed by atoms with Gasteiger partial charge in [0, 0.05) is 43.8 Å². The first kappa shape index (κ1) is 15.2. The zero-order chi connectivity index (χ0) is 15.7. The van der Waals surface area contributed by atoms with Crippen molar-refractivity contribution in [2.24, 2.45) is 11.3 Å². The zero-order valence-electron chi connectivity index (χ0n) is 13.2. The maximum Gasteiger partial charge on any atom is 0.311 e. The van der Waals surface area contributed by atoms with Crippen LogP contribution in [-0.4, -0.2) is 47.3 Å². The topological polar surface area (TPSA) is 75.6 Å². The van der Waals surface area contributed by atoms with Crippen LogP contribution in [0.1, 0.15) is 31.3 Å². The molecule has 6 heteroatoms. The third-order valence-corrected chi connectivity index (χ3v) is 4.82. The largest absolute Gasteiger partial charge is 0.481 e. The molecule has 2 aliphatic rings. The van der Waals surface area contributed by atoms with Gasteiger partial charge in [0.2, 0.25) is 0 Å². The summed E-state index contributed by atoms with van der Waals surface area (Å²) >= 11 is 0. The van der Waals surface area contributed by atoms with Gasteiger partial charge in [-0.1, -0.05) is 6.92 Å². The molecular weight excluding hydrogens is 282 g/mol. The van der Waals surface area contributed by atoms with Crippen LogP contribution in [0.15, 0.2) is 6.07 Å². The normalized spacial score (nSPS) is 27.7. The number of anilines is 1. The van der Waals surface area contributed by atoms with Crippen molar-refractivity contribution in [1.29, 1.82) is 0 Å². The molecule has 3 rings (SSSR count). The van der Waals surface area contributed by atoms with Crippen LogP contribution in [0.5, 0.6) is 0 Å². The molecule has 1 aromatic heterocycles. The summed E-state index contributed by atoms with van der Waals surface area (Å²) in [7, 11) is 0. The molecule has 0 aliphatic carbocycles. The van der Waals surface area contributed by atoms with Crippen molar-refractivity contribution in [1.82, 2.24) is 9.97 Å². The smallest absolute Gasteiger partial charge is 0.311 e. The quantitative estimate of drug-likeness (QED) is 0.912. The standard InChI is InChI=1S/C16H23N3O3/c1-3-4-13-17-11(2)7-14(18-13)19-8-12-9-22-6-5-16(12,10-19)15(20)21/h7,12H,3-6,8-10H2,1-2H3,(H,20,21)/t12-,16+/m1/s1. The molecule has 2 atom stereocenters. The molecule has 0 amide bonds. The minimum Gasteiger partial charge on any atom is -0.481 e. The second-order valence-corrected chi connectivity index (χ2v) is 6.40. The van der Waals surface area contributed by atoms with Gasteiger partial charge in [0.05, 0.1) is 12.0 Å². The van der Waals surface area contributed by atoms with E-state index in [4.69, 9.17) is 4.74 Å². The number of hydrogen-bond donors (Lipinski definition) is 1. The van der Waals surface area contributed by atoms with Crippen molar-refractivity contribution in [2.45, 2.75) is 33.1 Å². The third-order valence-electron chi connectivity index (χ3n) is 4.82. The van der Waals surface area contributed by atoms with E-state index in [0.29, 0.717) is 32.7 Å². The number of aryl methyl sites for hydroxylation is 2. The highest BCUT2D eigenvalue weighted by molar-refractivity contribution is 5.77. The number of rotatable bonds is 4. The first-order valence-electron chi connectivity index (χ1n) is 7.96. The summed E-state index contributed by atoms with van der Waals surface area (Å²) < 4.78 is 5.51. The number of nitrogens with zero attached hydrogens (tertiary/aromatic N) is 3. The number of fused-ring (bicyclic) bond motifs is 1. The monoisotopic (exact) mass is 305 g/mol. The summed E-state index contributed by atoms with van der Waals surface area (Å²) in [6.45, 7) is 6.32. The lowest BCUT2D eigenvalue weighted by Crippen LogP contribution is -2.44. The van der Waals surface area contributed by atoms with Crippen LogP contribution in [0.3, 0.4) is 0 Å². The lowest BCUT2D eigenvalue weighted by atomic mass is 9.74. The summed E-state index contributed by atoms with van der Waals surface area (Å²) in [6.07, 6.45) is 2.42. The fourth-order valence-electron chi connectivity index (χ4n) is 3.58. The van der Waals surface area contributed by atoms with Gasteiger partial charge in [-0.05, 0) is 19.8 Å². The number of ether oxygens (including phenoxy) is 1. The summed E-state index contributed by atoms with van der Waals surface area (Å²) in [5.41, 5.74) is 0.242. The molecule has 0 radical (unpaired) electrons. The molecule has 6 nitrogen and oxygen atoms in total. The van der Waals surface area contributed by atoms with Crippen molar-refractivity contribution in [2.75, 3.05) is 31.2 Å². The van der Waals surface area contributed by atoms with Crippen LogP contribution in [-0.2, 0) is 16.0 Å². The molecule has 2 saturated heterocycles. The Labute approximate surface area is 130 Å². The maximum absolute atomic E-state index is 11.9. The molecule has 0 aromatic carbocycles. The predicted molar refractivity (Wildman–Crippen MR) is 82.0 cm³/mol. The first-order chi connectivity index (χ1) is 10.5. The van der Waals surface area contributed by atoms with Gasteiger partial charge in [-0.3, -0.25) is 4.79 Å². The van der Waals surface area contributed by atoms with Crippen LogP contribution in [0, 0.1) is 18.3 Å². The van der Waals surface area contributed by atoms with E-state index < -0.39 is 11.4 Å². The van der Waals surface area contributed by atoms with E-state index in [-0.39, 0.29) is 5.92 Å². The Morgan fingerprint density at radius 1 is 1.55 bits per heavy atom. The Morgan fingerprint density at radius 3 is 3.05 bits per heavy atom. The number of carbonyl (C=O) groups is 1. The molecule has 1 aromatic rings. The van der Waals surface area contributed by atoms with Crippen molar-refractivity contribution in [3.63, 3.8) is 0 Å². The van der Waals surface area contributed by atoms with E-state index in [1.54, 1.807) is 0 Å². The molecule has 0 spiro atoms. The fourth-order valence-corrected chi connectivity index (χ4v) is 3.58. The Balaban J connectivity index is 1.89. The van der Waals surface area contributed by atoms with Gasteiger partial charge < -0.3 is 14.7 Å². The molecule has 0 saturated carbocycles. The SMILES string of the molecule is CCCc1nc(C)cc(N2C[C@@H]3COCC[C@]3(C(=O)O)C2)n1. The maximum atomic E-state index is 11.9. The molecule has 2 fully saturated rings. The molecule has 0 bridgehead atoms. The lowest BCUT2D eigenvalue weighted by Gasteiger charge is -2.33. The van der Waals surface area contributed by atoms with E-state index in [1.807, 2.05) is 13.0 Å². The van der Waals surface area contributed by atoms with Gasteiger partial charge in [-0.15, -0.1) is 0 Å². The van der Waals surface area contributed by atoms with Crippen LogP contribution in [0.25, 0.3) is 0 Å². The van der Waals surface area contributed by atoms with E-state index in [2.05, 4.69) is 21.8 Å². The summed E-state index contributed by atoms with van der Waals surface area (Å²) in [4.78, 5) is 23.0. The number of hydrogen-bond acceptors (Lipinski definition) is 5. The Morgan fingerprint density at radius 2 is 2.36 bits per heavy atom. The molecule has 1 N–H and O–H groups in total. The van der Waals surface area contributed by atoms with Crippen LogP contribution < -0.4 is 4.90 Å². The minimum absolute atomic E-state index is 0.0312. The van der Waals surface area contributed by atoms with Gasteiger partial charge in [-0.25, -0.2) is 9.97 Å². The average molecular weight is 305 g/mol. The molecule has 22 heavy (non-hydrogen) atoms. The van der Waals surface area contributed by atoms with E-state index in [0.717, 1.165) is 30.2 Å². The minimum atomic E-state index is -0.706.